The summed E-state index contributed by atoms with van der Waals surface area (Å²) >= 11 is 0. The Morgan fingerprint density at radius 1 is 1.33 bits per heavy atom. The van der Waals surface area contributed by atoms with Gasteiger partial charge < -0.3 is 5.73 Å². The first-order valence-corrected chi connectivity index (χ1v) is 4.35. The highest BCUT2D eigenvalue weighted by Gasteiger charge is 2.41. The molecule has 1 fully saturated rings. The van der Waals surface area contributed by atoms with Crippen molar-refractivity contribution >= 4 is 0 Å². The van der Waals surface area contributed by atoms with Crippen LogP contribution >= 0.6 is 0 Å². The highest BCUT2D eigenvalue weighted by molar-refractivity contribution is 5.33. The Morgan fingerprint density at radius 3 is 2.50 bits per heavy atom. The molecule has 1 aromatic rings. The second kappa shape index (κ2) is 2.30. The van der Waals surface area contributed by atoms with Crippen LogP contribution in [0.25, 0.3) is 0 Å². The third-order valence-corrected chi connectivity index (χ3v) is 2.55. The molecule has 2 N–H and O–H groups in total. The van der Waals surface area contributed by atoms with Crippen LogP contribution in [0.5, 0.6) is 0 Å². The van der Waals surface area contributed by atoms with Crippen molar-refractivity contribution in [3.63, 3.8) is 0 Å². The summed E-state index contributed by atoms with van der Waals surface area (Å²) < 4.78 is 0. The van der Waals surface area contributed by atoms with Crippen LogP contribution in [0.4, 0.5) is 0 Å². The van der Waals surface area contributed by atoms with Gasteiger partial charge in [-0.1, -0.05) is 6.07 Å². The predicted octanol–water partition coefficient (Wildman–Crippen LogP) is 1.65. The summed E-state index contributed by atoms with van der Waals surface area (Å²) in [4.78, 5) is 4.40. The molecule has 2 rings (SSSR count). The Kier molecular flexibility index (Phi) is 1.48. The van der Waals surface area contributed by atoms with E-state index in [4.69, 9.17) is 5.73 Å². The maximum atomic E-state index is 6.08. The van der Waals surface area contributed by atoms with Crippen molar-refractivity contribution in [1.82, 2.24) is 4.98 Å². The standard InChI is InChI=1S/C10H14N2/c1-7-3-4-9(8(2)12-7)10(11)5-6-10/h3-4H,5-6,11H2,1-2H3. The molecular weight excluding hydrogens is 148 g/mol. The van der Waals surface area contributed by atoms with Crippen molar-refractivity contribution in [3.05, 3.63) is 29.1 Å². The lowest BCUT2D eigenvalue weighted by atomic mass is 10.0. The fraction of sp³-hybridized carbons (Fsp3) is 0.500. The van der Waals surface area contributed by atoms with Gasteiger partial charge in [0.05, 0.1) is 0 Å². The molecule has 2 heteroatoms. The van der Waals surface area contributed by atoms with E-state index in [1.807, 2.05) is 19.9 Å². The number of aromatic nitrogens is 1. The van der Waals surface area contributed by atoms with Crippen molar-refractivity contribution in [2.75, 3.05) is 0 Å². The number of nitrogens with two attached hydrogens (primary N) is 1. The highest BCUT2D eigenvalue weighted by atomic mass is 14.8. The third-order valence-electron chi connectivity index (χ3n) is 2.55. The fourth-order valence-electron chi connectivity index (χ4n) is 1.62. The van der Waals surface area contributed by atoms with Crippen molar-refractivity contribution < 1.29 is 0 Å². The van der Waals surface area contributed by atoms with Gasteiger partial charge in [0.2, 0.25) is 0 Å². The van der Waals surface area contributed by atoms with Crippen molar-refractivity contribution in [3.8, 4) is 0 Å². The number of nitrogens with zero attached hydrogens (tertiary/aromatic N) is 1. The summed E-state index contributed by atoms with van der Waals surface area (Å²) in [6.45, 7) is 4.04. The number of rotatable bonds is 1. The monoisotopic (exact) mass is 162 g/mol. The van der Waals surface area contributed by atoms with E-state index in [-0.39, 0.29) is 5.54 Å². The molecule has 0 aliphatic heterocycles. The Balaban J connectivity index is 2.45. The zero-order chi connectivity index (χ0) is 8.77. The first kappa shape index (κ1) is 7.74. The van der Waals surface area contributed by atoms with Crippen molar-refractivity contribution in [2.24, 2.45) is 5.73 Å². The maximum absolute atomic E-state index is 6.08. The van der Waals surface area contributed by atoms with E-state index >= 15 is 0 Å². The summed E-state index contributed by atoms with van der Waals surface area (Å²) in [5, 5.41) is 0. The molecule has 0 radical (unpaired) electrons. The van der Waals surface area contributed by atoms with Gasteiger partial charge in [0.1, 0.15) is 0 Å². The Morgan fingerprint density at radius 2 is 2.00 bits per heavy atom. The molecule has 1 saturated carbocycles. The molecular formula is C10H14N2. The van der Waals surface area contributed by atoms with Gasteiger partial charge in [0.15, 0.2) is 0 Å². The quantitative estimate of drug-likeness (QED) is 0.682. The Labute approximate surface area is 72.8 Å². The number of aryl methyl sites for hydroxylation is 2. The molecule has 0 aromatic carbocycles. The summed E-state index contributed by atoms with van der Waals surface area (Å²) in [6, 6.07) is 4.15. The van der Waals surface area contributed by atoms with Gasteiger partial charge in [0.25, 0.3) is 0 Å². The molecule has 1 heterocycles. The lowest BCUT2D eigenvalue weighted by molar-refractivity contribution is 0.724. The molecule has 12 heavy (non-hydrogen) atoms. The third kappa shape index (κ3) is 1.12. The second-order valence-electron chi connectivity index (χ2n) is 3.74. The van der Waals surface area contributed by atoms with Crippen molar-refractivity contribution in [1.29, 1.82) is 0 Å². The molecule has 1 aliphatic carbocycles. The molecule has 2 nitrogen and oxygen atoms in total. The Bertz CT molecular complexity index is 314. The van der Waals surface area contributed by atoms with Gasteiger partial charge in [-0.05, 0) is 38.3 Å². The summed E-state index contributed by atoms with van der Waals surface area (Å²) in [5.74, 6) is 0. The first-order valence-electron chi connectivity index (χ1n) is 4.35. The highest BCUT2D eigenvalue weighted by Crippen LogP contribution is 2.43. The van der Waals surface area contributed by atoms with Gasteiger partial charge in [0, 0.05) is 16.9 Å². The van der Waals surface area contributed by atoms with Crippen LogP contribution in [0, 0.1) is 13.8 Å². The molecule has 0 unspecified atom stereocenters. The smallest absolute Gasteiger partial charge is 0.0429 e. The van der Waals surface area contributed by atoms with E-state index < -0.39 is 0 Å². The zero-order valence-corrected chi connectivity index (χ0v) is 7.59. The Hall–Kier alpha value is -0.890. The molecule has 0 saturated heterocycles. The van der Waals surface area contributed by atoms with Crippen LogP contribution in [-0.4, -0.2) is 4.98 Å². The van der Waals surface area contributed by atoms with Crippen LogP contribution in [0.2, 0.25) is 0 Å². The topological polar surface area (TPSA) is 38.9 Å². The summed E-state index contributed by atoms with van der Waals surface area (Å²) in [7, 11) is 0. The average Bonchev–Trinajstić information content (AvgIpc) is 2.68. The van der Waals surface area contributed by atoms with Crippen LogP contribution in [0.15, 0.2) is 12.1 Å². The minimum Gasteiger partial charge on any atom is -0.321 e. The second-order valence-corrected chi connectivity index (χ2v) is 3.74. The van der Waals surface area contributed by atoms with Crippen LogP contribution in [0.3, 0.4) is 0 Å². The van der Waals surface area contributed by atoms with Gasteiger partial charge in [-0.2, -0.15) is 0 Å². The molecule has 1 aromatic heterocycles. The molecule has 1 aliphatic rings. The van der Waals surface area contributed by atoms with Gasteiger partial charge in [-0.3, -0.25) is 4.98 Å². The normalized spacial score (nSPS) is 19.2. The SMILES string of the molecule is Cc1ccc(C2(N)CC2)c(C)n1. The van der Waals surface area contributed by atoms with Crippen LogP contribution in [-0.2, 0) is 5.54 Å². The largest absolute Gasteiger partial charge is 0.321 e. The zero-order valence-electron chi connectivity index (χ0n) is 7.59. The van der Waals surface area contributed by atoms with Crippen molar-refractivity contribution in [2.45, 2.75) is 32.2 Å². The molecule has 0 bridgehead atoms. The van der Waals surface area contributed by atoms with Crippen LogP contribution < -0.4 is 5.73 Å². The minimum absolute atomic E-state index is 0.0369. The van der Waals surface area contributed by atoms with E-state index in [0.717, 1.165) is 24.2 Å². The van der Waals surface area contributed by atoms with E-state index in [1.54, 1.807) is 0 Å². The maximum Gasteiger partial charge on any atom is 0.0429 e. The van der Waals surface area contributed by atoms with Gasteiger partial charge >= 0.3 is 0 Å². The van der Waals surface area contributed by atoms with Crippen LogP contribution in [0.1, 0.15) is 29.8 Å². The fourth-order valence-corrected chi connectivity index (χ4v) is 1.62. The predicted molar refractivity (Wildman–Crippen MR) is 48.8 cm³/mol. The molecule has 0 spiro atoms. The molecule has 64 valence electrons. The van der Waals surface area contributed by atoms with E-state index in [0.29, 0.717) is 0 Å². The number of hydrogen-bond donors (Lipinski definition) is 1. The van der Waals surface area contributed by atoms with Gasteiger partial charge in [-0.25, -0.2) is 0 Å². The lowest BCUT2D eigenvalue weighted by Crippen LogP contribution is -2.20. The van der Waals surface area contributed by atoms with Gasteiger partial charge in [-0.15, -0.1) is 0 Å². The first-order chi connectivity index (χ1) is 5.62. The summed E-state index contributed by atoms with van der Waals surface area (Å²) in [6.07, 6.45) is 2.22. The van der Waals surface area contributed by atoms with E-state index in [9.17, 15) is 0 Å². The van der Waals surface area contributed by atoms with E-state index in [1.165, 1.54) is 5.56 Å². The van der Waals surface area contributed by atoms with E-state index in [2.05, 4.69) is 11.1 Å². The number of hydrogen-bond acceptors (Lipinski definition) is 2. The number of pyridine rings is 1. The minimum atomic E-state index is -0.0369. The molecule has 0 atom stereocenters. The summed E-state index contributed by atoms with van der Waals surface area (Å²) in [5.41, 5.74) is 9.43. The lowest BCUT2D eigenvalue weighted by Gasteiger charge is -2.11. The molecule has 0 amide bonds. The average molecular weight is 162 g/mol.